The van der Waals surface area contributed by atoms with E-state index in [0.717, 1.165) is 0 Å². The standard InChI is InChI=1S/C20H18ClF3N2O4/c1-12-8-15(6-7-16(12)21)30-11-18(27)26-19(28,20(22,23)24)10-17(25-26)13-4-3-5-14(9-13)29-2/h3-9,28H,10-11H2,1-2H3/t19-/m1/s1. The molecule has 0 radical (unpaired) electrons. The number of rotatable bonds is 5. The number of nitrogens with zero attached hydrogens (tertiary/aromatic N) is 2. The van der Waals surface area contributed by atoms with Crippen LogP contribution in [0.15, 0.2) is 47.6 Å². The number of alkyl halides is 3. The Balaban J connectivity index is 1.86. The van der Waals surface area contributed by atoms with Crippen molar-refractivity contribution in [2.45, 2.75) is 25.2 Å². The van der Waals surface area contributed by atoms with Crippen molar-refractivity contribution >= 4 is 23.2 Å². The van der Waals surface area contributed by atoms with Gasteiger partial charge < -0.3 is 14.6 Å². The molecule has 2 aromatic carbocycles. The van der Waals surface area contributed by atoms with E-state index in [0.29, 0.717) is 21.9 Å². The van der Waals surface area contributed by atoms with E-state index in [1.54, 1.807) is 25.1 Å². The maximum Gasteiger partial charge on any atom is 0.438 e. The number of hydrazone groups is 1. The van der Waals surface area contributed by atoms with Crippen LogP contribution in [0, 0.1) is 6.92 Å². The predicted molar refractivity (Wildman–Crippen MR) is 104 cm³/mol. The van der Waals surface area contributed by atoms with Crippen molar-refractivity contribution in [3.05, 3.63) is 58.6 Å². The van der Waals surface area contributed by atoms with Gasteiger partial charge in [0.2, 0.25) is 0 Å². The number of aryl methyl sites for hydroxylation is 1. The molecule has 30 heavy (non-hydrogen) atoms. The minimum absolute atomic E-state index is 0.0323. The Bertz CT molecular complexity index is 996. The minimum atomic E-state index is -5.14. The van der Waals surface area contributed by atoms with Crippen molar-refractivity contribution in [3.63, 3.8) is 0 Å². The molecule has 2 aromatic rings. The summed E-state index contributed by atoms with van der Waals surface area (Å²) < 4.78 is 51.3. The number of carbonyl (C=O) groups excluding carboxylic acids is 1. The monoisotopic (exact) mass is 442 g/mol. The molecule has 0 saturated heterocycles. The van der Waals surface area contributed by atoms with Gasteiger partial charge in [0.15, 0.2) is 6.61 Å². The van der Waals surface area contributed by atoms with Crippen molar-refractivity contribution in [2.24, 2.45) is 5.10 Å². The van der Waals surface area contributed by atoms with Crippen molar-refractivity contribution in [1.29, 1.82) is 0 Å². The second-order valence-corrected chi connectivity index (χ2v) is 7.08. The second-order valence-electron chi connectivity index (χ2n) is 6.68. The molecule has 10 heteroatoms. The third-order valence-corrected chi connectivity index (χ3v) is 4.99. The first-order valence-electron chi connectivity index (χ1n) is 8.78. The topological polar surface area (TPSA) is 71.4 Å². The molecule has 0 fully saturated rings. The summed E-state index contributed by atoms with van der Waals surface area (Å²) >= 11 is 5.91. The Hall–Kier alpha value is -2.78. The predicted octanol–water partition coefficient (Wildman–Crippen LogP) is 3.92. The zero-order chi connectivity index (χ0) is 22.1. The summed E-state index contributed by atoms with van der Waals surface area (Å²) in [6.45, 7) is 0.957. The summed E-state index contributed by atoms with van der Waals surface area (Å²) in [7, 11) is 1.41. The van der Waals surface area contributed by atoms with Gasteiger partial charge in [0.25, 0.3) is 11.6 Å². The first-order valence-corrected chi connectivity index (χ1v) is 9.16. The van der Waals surface area contributed by atoms with E-state index in [1.807, 2.05) is 0 Å². The highest BCUT2D eigenvalue weighted by molar-refractivity contribution is 6.31. The molecule has 0 unspecified atom stereocenters. The van der Waals surface area contributed by atoms with Crippen molar-refractivity contribution in [3.8, 4) is 11.5 Å². The lowest BCUT2D eigenvalue weighted by Gasteiger charge is -2.32. The van der Waals surface area contributed by atoms with Crippen LogP contribution in [0.3, 0.4) is 0 Å². The van der Waals surface area contributed by atoms with Crippen LogP contribution in [-0.2, 0) is 4.79 Å². The number of methoxy groups -OCH3 is 1. The molecule has 0 bridgehead atoms. The lowest BCUT2D eigenvalue weighted by atomic mass is 10.0. The number of aliphatic hydroxyl groups is 1. The molecule has 6 nitrogen and oxygen atoms in total. The third-order valence-electron chi connectivity index (χ3n) is 4.57. The summed E-state index contributed by atoms with van der Waals surface area (Å²) in [5.74, 6) is -0.505. The van der Waals surface area contributed by atoms with Gasteiger partial charge in [0, 0.05) is 10.6 Å². The molecule has 1 aliphatic heterocycles. The van der Waals surface area contributed by atoms with Gasteiger partial charge in [0.1, 0.15) is 11.5 Å². The number of halogens is 4. The Labute approximate surface area is 175 Å². The zero-order valence-corrected chi connectivity index (χ0v) is 16.8. The second kappa shape index (κ2) is 8.16. The first-order chi connectivity index (χ1) is 14.0. The maximum atomic E-state index is 13.7. The van der Waals surface area contributed by atoms with E-state index in [-0.39, 0.29) is 16.5 Å². The van der Waals surface area contributed by atoms with Crippen molar-refractivity contribution in [1.82, 2.24) is 5.01 Å². The maximum absolute atomic E-state index is 13.7. The molecule has 1 N–H and O–H groups in total. The van der Waals surface area contributed by atoms with Crippen LogP contribution in [0.25, 0.3) is 0 Å². The van der Waals surface area contributed by atoms with Gasteiger partial charge in [-0.2, -0.15) is 23.3 Å². The van der Waals surface area contributed by atoms with Gasteiger partial charge in [-0.25, -0.2) is 0 Å². The van der Waals surface area contributed by atoms with E-state index in [4.69, 9.17) is 21.1 Å². The van der Waals surface area contributed by atoms with Crippen LogP contribution < -0.4 is 9.47 Å². The van der Waals surface area contributed by atoms with Gasteiger partial charge in [0.05, 0.1) is 19.2 Å². The van der Waals surface area contributed by atoms with Gasteiger partial charge in [-0.3, -0.25) is 4.79 Å². The highest BCUT2D eigenvalue weighted by atomic mass is 35.5. The average Bonchev–Trinajstić information content (AvgIpc) is 3.08. The Morgan fingerprint density at radius 3 is 2.63 bits per heavy atom. The highest BCUT2D eigenvalue weighted by Crippen LogP contribution is 2.41. The smallest absolute Gasteiger partial charge is 0.438 e. The quantitative estimate of drug-likeness (QED) is 0.761. The van der Waals surface area contributed by atoms with Crippen molar-refractivity contribution in [2.75, 3.05) is 13.7 Å². The summed E-state index contributed by atoms with van der Waals surface area (Å²) in [5.41, 5.74) is -2.62. The molecule has 3 rings (SSSR count). The molecule has 0 aromatic heterocycles. The van der Waals surface area contributed by atoms with Crippen LogP contribution in [0.1, 0.15) is 17.5 Å². The molecule has 0 saturated carbocycles. The number of ether oxygens (including phenoxy) is 2. The summed E-state index contributed by atoms with van der Waals surface area (Å²) in [5, 5.41) is 14.6. The fourth-order valence-corrected chi connectivity index (χ4v) is 3.02. The lowest BCUT2D eigenvalue weighted by molar-refractivity contribution is -0.302. The highest BCUT2D eigenvalue weighted by Gasteiger charge is 2.63. The summed E-state index contributed by atoms with van der Waals surface area (Å²) in [4.78, 5) is 12.5. The number of benzene rings is 2. The lowest BCUT2D eigenvalue weighted by Crippen LogP contribution is -2.57. The minimum Gasteiger partial charge on any atom is -0.497 e. The van der Waals surface area contributed by atoms with E-state index >= 15 is 0 Å². The summed E-state index contributed by atoms with van der Waals surface area (Å²) in [6.07, 6.45) is -6.06. The number of hydrogen-bond acceptors (Lipinski definition) is 5. The van der Waals surface area contributed by atoms with E-state index < -0.39 is 30.8 Å². The summed E-state index contributed by atoms with van der Waals surface area (Å²) in [6, 6.07) is 10.7. The molecule has 1 heterocycles. The molecule has 1 amide bonds. The molecule has 160 valence electrons. The average molecular weight is 443 g/mol. The largest absolute Gasteiger partial charge is 0.497 e. The van der Waals surface area contributed by atoms with Gasteiger partial charge >= 0.3 is 6.18 Å². The number of carbonyl (C=O) groups is 1. The Morgan fingerprint density at radius 1 is 1.27 bits per heavy atom. The van der Waals surface area contributed by atoms with Crippen LogP contribution in [0.5, 0.6) is 11.5 Å². The normalized spacial score (nSPS) is 18.9. The molecule has 1 aliphatic rings. The van der Waals surface area contributed by atoms with Crippen LogP contribution in [0.2, 0.25) is 5.02 Å². The van der Waals surface area contributed by atoms with E-state index in [9.17, 15) is 23.1 Å². The van der Waals surface area contributed by atoms with E-state index in [2.05, 4.69) is 5.10 Å². The Morgan fingerprint density at radius 2 is 2.00 bits per heavy atom. The van der Waals surface area contributed by atoms with Gasteiger partial charge in [-0.1, -0.05) is 23.7 Å². The van der Waals surface area contributed by atoms with Crippen LogP contribution in [0.4, 0.5) is 13.2 Å². The van der Waals surface area contributed by atoms with Gasteiger partial charge in [-0.05, 0) is 42.8 Å². The third kappa shape index (κ3) is 4.22. The van der Waals surface area contributed by atoms with Crippen molar-refractivity contribution < 1.29 is 32.5 Å². The van der Waals surface area contributed by atoms with E-state index in [1.165, 1.54) is 31.4 Å². The molecule has 0 aliphatic carbocycles. The van der Waals surface area contributed by atoms with Crippen LogP contribution >= 0.6 is 11.6 Å². The zero-order valence-electron chi connectivity index (χ0n) is 16.0. The molecular weight excluding hydrogens is 425 g/mol. The van der Waals surface area contributed by atoms with Crippen LogP contribution in [-0.4, -0.2) is 47.4 Å². The number of hydrogen-bond donors (Lipinski definition) is 1. The fraction of sp³-hybridized carbons (Fsp3) is 0.300. The molecule has 0 spiro atoms. The molecule has 1 atom stereocenters. The SMILES string of the molecule is COc1cccc(C2=NN(C(=O)COc3ccc(Cl)c(C)c3)[C@](O)(C(F)(F)F)C2)c1. The Kier molecular flexibility index (Phi) is 5.96. The first kappa shape index (κ1) is 21.9. The number of amides is 1. The molecular formula is C20H18ClF3N2O4. The fourth-order valence-electron chi connectivity index (χ4n) is 2.91. The van der Waals surface area contributed by atoms with Gasteiger partial charge in [-0.15, -0.1) is 0 Å².